The SMILES string of the molecule is Cc1sc(C=Cc2ccncc2)c(C)c1Br. The first-order chi connectivity index (χ1) is 7.68. The minimum atomic E-state index is 1.18. The average molecular weight is 294 g/mol. The van der Waals surface area contributed by atoms with Gasteiger partial charge < -0.3 is 0 Å². The van der Waals surface area contributed by atoms with Crippen LogP contribution in [0.3, 0.4) is 0 Å². The van der Waals surface area contributed by atoms with Gasteiger partial charge in [-0.05, 0) is 59.1 Å². The predicted octanol–water partition coefficient (Wildman–Crippen LogP) is 4.69. The summed E-state index contributed by atoms with van der Waals surface area (Å²) >= 11 is 5.40. The molecule has 1 nitrogen and oxygen atoms in total. The van der Waals surface area contributed by atoms with E-state index >= 15 is 0 Å². The van der Waals surface area contributed by atoms with Crippen molar-refractivity contribution in [2.24, 2.45) is 0 Å². The van der Waals surface area contributed by atoms with E-state index in [0.29, 0.717) is 0 Å². The first-order valence-electron chi connectivity index (χ1n) is 5.02. The molecule has 0 saturated carbocycles. The summed E-state index contributed by atoms with van der Waals surface area (Å²) in [6, 6.07) is 4.00. The van der Waals surface area contributed by atoms with E-state index in [9.17, 15) is 0 Å². The van der Waals surface area contributed by atoms with Crippen molar-refractivity contribution < 1.29 is 0 Å². The van der Waals surface area contributed by atoms with Crippen LogP contribution in [0.1, 0.15) is 20.9 Å². The van der Waals surface area contributed by atoms with Crippen LogP contribution < -0.4 is 0 Å². The lowest BCUT2D eigenvalue weighted by atomic mass is 10.2. The van der Waals surface area contributed by atoms with Crippen molar-refractivity contribution in [3.63, 3.8) is 0 Å². The Morgan fingerprint density at radius 3 is 2.44 bits per heavy atom. The zero-order chi connectivity index (χ0) is 11.5. The lowest BCUT2D eigenvalue weighted by molar-refractivity contribution is 1.32. The molecule has 82 valence electrons. The van der Waals surface area contributed by atoms with E-state index in [2.05, 4.69) is 46.9 Å². The maximum absolute atomic E-state index is 4.00. The predicted molar refractivity (Wildman–Crippen MR) is 74.7 cm³/mol. The molecule has 0 spiro atoms. The molecular formula is C13H12BrNS. The van der Waals surface area contributed by atoms with Gasteiger partial charge in [0.1, 0.15) is 0 Å². The highest BCUT2D eigenvalue weighted by Gasteiger charge is 2.06. The highest BCUT2D eigenvalue weighted by molar-refractivity contribution is 9.10. The summed E-state index contributed by atoms with van der Waals surface area (Å²) in [5.41, 5.74) is 2.49. The normalized spacial score (nSPS) is 11.2. The molecule has 0 atom stereocenters. The highest BCUT2D eigenvalue weighted by atomic mass is 79.9. The van der Waals surface area contributed by atoms with Crippen LogP contribution in [0.5, 0.6) is 0 Å². The molecule has 0 aliphatic rings. The molecule has 0 aliphatic carbocycles. The Morgan fingerprint density at radius 2 is 1.88 bits per heavy atom. The van der Waals surface area contributed by atoms with Gasteiger partial charge in [0.05, 0.1) is 0 Å². The van der Waals surface area contributed by atoms with Crippen LogP contribution in [-0.4, -0.2) is 4.98 Å². The Labute approximate surface area is 108 Å². The Morgan fingerprint density at radius 1 is 1.19 bits per heavy atom. The summed E-state index contributed by atoms with van der Waals surface area (Å²) in [4.78, 5) is 6.63. The monoisotopic (exact) mass is 293 g/mol. The molecule has 0 fully saturated rings. The third kappa shape index (κ3) is 2.42. The standard InChI is InChI=1S/C13H12BrNS/c1-9-12(16-10(2)13(9)14)4-3-11-5-7-15-8-6-11/h3-8H,1-2H3. The number of aromatic nitrogens is 1. The summed E-state index contributed by atoms with van der Waals surface area (Å²) in [6.07, 6.45) is 7.89. The summed E-state index contributed by atoms with van der Waals surface area (Å²) < 4.78 is 1.23. The highest BCUT2D eigenvalue weighted by Crippen LogP contribution is 2.33. The summed E-state index contributed by atoms with van der Waals surface area (Å²) in [7, 11) is 0. The molecule has 0 saturated heterocycles. The van der Waals surface area contributed by atoms with Crippen LogP contribution in [0.15, 0.2) is 29.0 Å². The lowest BCUT2D eigenvalue weighted by Gasteiger charge is -1.92. The number of hydrogen-bond donors (Lipinski definition) is 0. The van der Waals surface area contributed by atoms with Gasteiger partial charge in [-0.3, -0.25) is 4.98 Å². The van der Waals surface area contributed by atoms with Gasteiger partial charge >= 0.3 is 0 Å². The minimum absolute atomic E-state index is 1.18. The van der Waals surface area contributed by atoms with Crippen molar-refractivity contribution in [3.8, 4) is 0 Å². The van der Waals surface area contributed by atoms with Crippen molar-refractivity contribution in [2.45, 2.75) is 13.8 Å². The van der Waals surface area contributed by atoms with Gasteiger partial charge in [0.15, 0.2) is 0 Å². The molecule has 2 rings (SSSR count). The Balaban J connectivity index is 2.28. The van der Waals surface area contributed by atoms with E-state index < -0.39 is 0 Å². The van der Waals surface area contributed by atoms with E-state index in [-0.39, 0.29) is 0 Å². The van der Waals surface area contributed by atoms with Crippen LogP contribution >= 0.6 is 27.3 Å². The zero-order valence-corrected chi connectivity index (χ0v) is 11.6. The number of nitrogens with zero attached hydrogens (tertiary/aromatic N) is 1. The maximum Gasteiger partial charge on any atom is 0.0347 e. The van der Waals surface area contributed by atoms with Gasteiger partial charge in [-0.15, -0.1) is 11.3 Å². The number of hydrogen-bond acceptors (Lipinski definition) is 2. The zero-order valence-electron chi connectivity index (χ0n) is 9.20. The molecule has 0 N–H and O–H groups in total. The molecule has 16 heavy (non-hydrogen) atoms. The Kier molecular flexibility index (Phi) is 3.56. The molecule has 3 heteroatoms. The van der Waals surface area contributed by atoms with Gasteiger partial charge in [-0.2, -0.15) is 0 Å². The summed E-state index contributed by atoms with van der Waals surface area (Å²) in [5.74, 6) is 0. The van der Waals surface area contributed by atoms with Gasteiger partial charge in [-0.1, -0.05) is 6.08 Å². The van der Waals surface area contributed by atoms with Crippen molar-refractivity contribution in [1.82, 2.24) is 4.98 Å². The molecule has 0 amide bonds. The largest absolute Gasteiger partial charge is 0.265 e. The van der Waals surface area contributed by atoms with Gasteiger partial charge in [0, 0.05) is 26.6 Å². The molecular weight excluding hydrogens is 282 g/mol. The van der Waals surface area contributed by atoms with Gasteiger partial charge in [0.25, 0.3) is 0 Å². The molecule has 0 bridgehead atoms. The molecule has 2 aromatic rings. The maximum atomic E-state index is 4.00. The fourth-order valence-corrected chi connectivity index (χ4v) is 3.02. The first-order valence-corrected chi connectivity index (χ1v) is 6.63. The van der Waals surface area contributed by atoms with Crippen molar-refractivity contribution >= 4 is 39.4 Å². The number of rotatable bonds is 2. The van der Waals surface area contributed by atoms with E-state index in [1.807, 2.05) is 35.9 Å². The topological polar surface area (TPSA) is 12.9 Å². The average Bonchev–Trinajstić information content (AvgIpc) is 2.56. The summed E-state index contributed by atoms with van der Waals surface area (Å²) in [6.45, 7) is 4.27. The number of pyridine rings is 1. The minimum Gasteiger partial charge on any atom is -0.265 e. The number of aryl methyl sites for hydroxylation is 1. The van der Waals surface area contributed by atoms with Gasteiger partial charge in [-0.25, -0.2) is 0 Å². The lowest BCUT2D eigenvalue weighted by Crippen LogP contribution is -1.73. The fourth-order valence-electron chi connectivity index (χ4n) is 1.46. The third-order valence-corrected chi connectivity index (χ3v) is 5.03. The molecule has 2 heterocycles. The van der Waals surface area contributed by atoms with E-state index in [1.54, 1.807) is 0 Å². The van der Waals surface area contributed by atoms with Gasteiger partial charge in [0.2, 0.25) is 0 Å². The third-order valence-electron chi connectivity index (χ3n) is 2.40. The molecule has 2 aromatic heterocycles. The first kappa shape index (κ1) is 11.6. The molecule has 0 aliphatic heterocycles. The fraction of sp³-hybridized carbons (Fsp3) is 0.154. The van der Waals surface area contributed by atoms with Crippen LogP contribution in [0.25, 0.3) is 12.2 Å². The molecule has 0 radical (unpaired) electrons. The molecule has 0 unspecified atom stereocenters. The Hall–Kier alpha value is -0.930. The number of halogens is 1. The Bertz CT molecular complexity index is 514. The van der Waals surface area contributed by atoms with Crippen LogP contribution in [0.4, 0.5) is 0 Å². The summed E-state index contributed by atoms with van der Waals surface area (Å²) in [5, 5.41) is 0. The second-order valence-electron chi connectivity index (χ2n) is 3.58. The van der Waals surface area contributed by atoms with E-state index in [1.165, 1.54) is 25.4 Å². The van der Waals surface area contributed by atoms with Crippen LogP contribution in [0.2, 0.25) is 0 Å². The second kappa shape index (κ2) is 4.93. The second-order valence-corrected chi connectivity index (χ2v) is 5.62. The molecule has 0 aromatic carbocycles. The van der Waals surface area contributed by atoms with Crippen LogP contribution in [-0.2, 0) is 0 Å². The van der Waals surface area contributed by atoms with E-state index in [4.69, 9.17) is 0 Å². The smallest absolute Gasteiger partial charge is 0.0347 e. The van der Waals surface area contributed by atoms with Crippen LogP contribution in [0, 0.1) is 13.8 Å². The number of thiophene rings is 1. The van der Waals surface area contributed by atoms with Crippen molar-refractivity contribution in [2.75, 3.05) is 0 Å². The van der Waals surface area contributed by atoms with E-state index in [0.717, 1.165) is 0 Å². The quantitative estimate of drug-likeness (QED) is 0.782. The van der Waals surface area contributed by atoms with Crippen molar-refractivity contribution in [1.29, 1.82) is 0 Å². The van der Waals surface area contributed by atoms with Crippen molar-refractivity contribution in [3.05, 3.63) is 49.9 Å².